The third kappa shape index (κ3) is 2.73. The Bertz CT molecular complexity index is 339. The molecule has 0 spiro atoms. The third-order valence-corrected chi connectivity index (χ3v) is 2.77. The van der Waals surface area contributed by atoms with Crippen molar-refractivity contribution >= 4 is 17.3 Å². The summed E-state index contributed by atoms with van der Waals surface area (Å²) in [5.41, 5.74) is 6.07. The number of nitrogens with one attached hydrogen (secondary N) is 1. The van der Waals surface area contributed by atoms with Crippen LogP contribution in [-0.2, 0) is 0 Å². The van der Waals surface area contributed by atoms with E-state index in [-0.39, 0.29) is 0 Å². The Morgan fingerprint density at radius 1 is 1.67 bits per heavy atom. The molecule has 0 saturated carbocycles. The average Bonchev–Trinajstić information content (AvgIpc) is 2.73. The highest BCUT2D eigenvalue weighted by Crippen LogP contribution is 2.21. The van der Waals surface area contributed by atoms with E-state index in [2.05, 4.69) is 10.3 Å². The second kappa shape index (κ2) is 4.68. The first-order valence-corrected chi connectivity index (χ1v) is 5.40. The highest BCUT2D eigenvalue weighted by Gasteiger charge is 2.14. The Kier molecular flexibility index (Phi) is 3.28. The summed E-state index contributed by atoms with van der Waals surface area (Å²) in [7, 11) is 0. The number of anilines is 1. The monoisotopic (exact) mass is 227 g/mol. The van der Waals surface area contributed by atoms with Crippen LogP contribution in [0.4, 0.5) is 5.69 Å². The number of rotatable bonds is 3. The molecule has 82 valence electrons. The number of hydrogen-bond acceptors (Lipinski definition) is 4. The Labute approximate surface area is 93.8 Å². The van der Waals surface area contributed by atoms with Gasteiger partial charge in [-0.05, 0) is 19.4 Å². The van der Waals surface area contributed by atoms with E-state index in [0.29, 0.717) is 29.2 Å². The van der Waals surface area contributed by atoms with E-state index in [1.807, 2.05) is 0 Å². The summed E-state index contributed by atoms with van der Waals surface area (Å²) in [5, 5.41) is 3.67. The minimum absolute atomic E-state index is 0.321. The maximum absolute atomic E-state index is 5.70. The first kappa shape index (κ1) is 10.5. The lowest BCUT2D eigenvalue weighted by Crippen LogP contribution is -2.28. The van der Waals surface area contributed by atoms with Crippen LogP contribution in [-0.4, -0.2) is 24.2 Å². The fraction of sp³-hybridized carbons (Fsp3) is 0.500. The number of ether oxygens (including phenoxy) is 1. The van der Waals surface area contributed by atoms with Crippen LogP contribution in [0.3, 0.4) is 0 Å². The van der Waals surface area contributed by atoms with E-state index in [9.17, 15) is 0 Å². The number of nitrogen functional groups attached to an aromatic ring is 1. The largest absolute Gasteiger partial charge is 0.490 e. The van der Waals surface area contributed by atoms with Crippen molar-refractivity contribution in [3.05, 3.63) is 17.4 Å². The summed E-state index contributed by atoms with van der Waals surface area (Å²) in [6.45, 7) is 1.73. The zero-order valence-electron chi connectivity index (χ0n) is 8.37. The molecule has 0 unspecified atom stereocenters. The number of nitrogens with two attached hydrogens (primary N) is 1. The lowest BCUT2D eigenvalue weighted by atomic mass is 10.2. The van der Waals surface area contributed by atoms with Gasteiger partial charge in [-0.3, -0.25) is 0 Å². The van der Waals surface area contributed by atoms with E-state index in [4.69, 9.17) is 22.1 Å². The highest BCUT2D eigenvalue weighted by molar-refractivity contribution is 6.31. The van der Waals surface area contributed by atoms with E-state index in [1.54, 1.807) is 12.3 Å². The third-order valence-electron chi connectivity index (χ3n) is 2.45. The van der Waals surface area contributed by atoms with Gasteiger partial charge in [0.1, 0.15) is 12.4 Å². The van der Waals surface area contributed by atoms with Gasteiger partial charge in [-0.25, -0.2) is 4.98 Å². The molecule has 1 fully saturated rings. The molecule has 0 radical (unpaired) electrons. The van der Waals surface area contributed by atoms with E-state index >= 15 is 0 Å². The highest BCUT2D eigenvalue weighted by atomic mass is 35.5. The van der Waals surface area contributed by atoms with E-state index < -0.39 is 0 Å². The van der Waals surface area contributed by atoms with Crippen LogP contribution in [0.1, 0.15) is 12.8 Å². The molecule has 15 heavy (non-hydrogen) atoms. The van der Waals surface area contributed by atoms with Crippen molar-refractivity contribution in [3.8, 4) is 5.75 Å². The van der Waals surface area contributed by atoms with Crippen molar-refractivity contribution in [1.29, 1.82) is 0 Å². The summed E-state index contributed by atoms with van der Waals surface area (Å²) in [6.07, 6.45) is 3.97. The van der Waals surface area contributed by atoms with Gasteiger partial charge in [0.15, 0.2) is 5.15 Å². The van der Waals surface area contributed by atoms with Crippen LogP contribution in [0.5, 0.6) is 5.75 Å². The second-order valence-corrected chi connectivity index (χ2v) is 4.01. The van der Waals surface area contributed by atoms with Gasteiger partial charge in [0.25, 0.3) is 0 Å². The number of hydrogen-bond donors (Lipinski definition) is 2. The Morgan fingerprint density at radius 2 is 2.53 bits per heavy atom. The predicted octanol–water partition coefficient (Wildman–Crippen LogP) is 1.45. The molecule has 0 aromatic carbocycles. The van der Waals surface area contributed by atoms with Crippen LogP contribution in [0.25, 0.3) is 0 Å². The maximum Gasteiger partial charge on any atom is 0.152 e. The summed E-state index contributed by atoms with van der Waals surface area (Å²) in [5.74, 6) is 0.672. The predicted molar refractivity (Wildman–Crippen MR) is 60.2 cm³/mol. The minimum Gasteiger partial charge on any atom is -0.490 e. The Morgan fingerprint density at radius 3 is 3.20 bits per heavy atom. The van der Waals surface area contributed by atoms with Crippen molar-refractivity contribution in [3.63, 3.8) is 0 Å². The SMILES string of the molecule is Nc1cc(OC[C@@H]2CCCN2)cnc1Cl. The molecule has 5 heteroatoms. The maximum atomic E-state index is 5.70. The molecule has 1 aromatic rings. The van der Waals surface area contributed by atoms with Gasteiger partial charge in [-0.2, -0.15) is 0 Å². The van der Waals surface area contributed by atoms with Gasteiger partial charge in [-0.15, -0.1) is 0 Å². The van der Waals surface area contributed by atoms with Crippen LogP contribution in [0.15, 0.2) is 12.3 Å². The Balaban J connectivity index is 1.90. The van der Waals surface area contributed by atoms with Crippen LogP contribution in [0.2, 0.25) is 5.15 Å². The molecule has 1 atom stereocenters. The molecule has 2 heterocycles. The van der Waals surface area contributed by atoms with Crippen molar-refractivity contribution in [2.24, 2.45) is 0 Å². The van der Waals surface area contributed by atoms with Gasteiger partial charge >= 0.3 is 0 Å². The lowest BCUT2D eigenvalue weighted by Gasteiger charge is -2.12. The van der Waals surface area contributed by atoms with Gasteiger partial charge in [-0.1, -0.05) is 11.6 Å². The van der Waals surface area contributed by atoms with E-state index in [0.717, 1.165) is 13.0 Å². The van der Waals surface area contributed by atoms with Crippen LogP contribution >= 0.6 is 11.6 Å². The van der Waals surface area contributed by atoms with Crippen molar-refractivity contribution < 1.29 is 4.74 Å². The molecule has 1 aromatic heterocycles. The molecule has 1 aliphatic rings. The second-order valence-electron chi connectivity index (χ2n) is 3.66. The molecule has 0 aliphatic carbocycles. The smallest absolute Gasteiger partial charge is 0.152 e. The number of pyridine rings is 1. The number of halogens is 1. The minimum atomic E-state index is 0.321. The summed E-state index contributed by atoms with van der Waals surface area (Å²) >= 11 is 5.70. The van der Waals surface area contributed by atoms with Gasteiger partial charge in [0.05, 0.1) is 11.9 Å². The molecule has 0 amide bonds. The van der Waals surface area contributed by atoms with Crippen molar-refractivity contribution in [2.45, 2.75) is 18.9 Å². The van der Waals surface area contributed by atoms with Gasteiger partial charge in [0, 0.05) is 12.1 Å². The number of aromatic nitrogens is 1. The fourth-order valence-electron chi connectivity index (χ4n) is 1.62. The Hall–Kier alpha value is -1.00. The first-order valence-electron chi connectivity index (χ1n) is 5.03. The molecule has 0 bridgehead atoms. The lowest BCUT2D eigenvalue weighted by molar-refractivity contribution is 0.276. The molecule has 1 saturated heterocycles. The van der Waals surface area contributed by atoms with E-state index in [1.165, 1.54) is 6.42 Å². The summed E-state index contributed by atoms with van der Waals surface area (Å²) in [4.78, 5) is 3.92. The normalized spacial score (nSPS) is 20.5. The molecule has 4 nitrogen and oxygen atoms in total. The standard InChI is InChI=1S/C10H14ClN3O/c11-10-9(12)4-8(5-14-10)15-6-7-2-1-3-13-7/h4-5,7,13H,1-3,6,12H2/t7-/m0/s1. The summed E-state index contributed by atoms with van der Waals surface area (Å²) in [6, 6.07) is 2.14. The first-order chi connectivity index (χ1) is 7.25. The summed E-state index contributed by atoms with van der Waals surface area (Å²) < 4.78 is 5.56. The fourth-order valence-corrected chi connectivity index (χ4v) is 1.72. The molecular formula is C10H14ClN3O. The zero-order valence-corrected chi connectivity index (χ0v) is 9.13. The molecule has 1 aliphatic heterocycles. The number of nitrogens with zero attached hydrogens (tertiary/aromatic N) is 1. The van der Waals surface area contributed by atoms with Crippen LogP contribution in [0, 0.1) is 0 Å². The topological polar surface area (TPSA) is 60.2 Å². The van der Waals surface area contributed by atoms with Crippen molar-refractivity contribution in [2.75, 3.05) is 18.9 Å². The van der Waals surface area contributed by atoms with Crippen molar-refractivity contribution in [1.82, 2.24) is 10.3 Å². The molecule has 3 N–H and O–H groups in total. The van der Waals surface area contributed by atoms with Gasteiger partial charge in [0.2, 0.25) is 0 Å². The molecular weight excluding hydrogens is 214 g/mol. The average molecular weight is 228 g/mol. The quantitative estimate of drug-likeness (QED) is 0.768. The zero-order chi connectivity index (χ0) is 10.7. The van der Waals surface area contributed by atoms with Crippen LogP contribution < -0.4 is 15.8 Å². The molecule has 2 rings (SSSR count). The van der Waals surface area contributed by atoms with Gasteiger partial charge < -0.3 is 15.8 Å².